The van der Waals surface area contributed by atoms with Crippen molar-refractivity contribution >= 4 is 44.2 Å². The van der Waals surface area contributed by atoms with Gasteiger partial charge in [0.2, 0.25) is 5.91 Å². The zero-order valence-electron chi connectivity index (χ0n) is 13.3. The van der Waals surface area contributed by atoms with Crippen LogP contribution in [0.3, 0.4) is 0 Å². The van der Waals surface area contributed by atoms with E-state index >= 15 is 0 Å². The molecule has 2 heterocycles. The molecule has 0 bridgehead atoms. The van der Waals surface area contributed by atoms with Crippen molar-refractivity contribution in [1.29, 1.82) is 0 Å². The van der Waals surface area contributed by atoms with Gasteiger partial charge in [0.05, 0.1) is 27.4 Å². The number of aromatic nitrogens is 1. The maximum atomic E-state index is 12.4. The molecule has 2 amide bonds. The lowest BCUT2D eigenvalue weighted by Crippen LogP contribution is -2.52. The Morgan fingerprint density at radius 2 is 1.84 bits per heavy atom. The molecule has 0 spiro atoms. The number of para-hydroxylation sites is 2. The number of carbonyl (C=O) groups excluding carboxylic acids is 2. The summed E-state index contributed by atoms with van der Waals surface area (Å²) < 4.78 is 1.14. The van der Waals surface area contributed by atoms with Crippen LogP contribution in [0.5, 0.6) is 0 Å². The Labute approximate surface area is 148 Å². The van der Waals surface area contributed by atoms with Crippen LogP contribution in [0, 0.1) is 5.92 Å². The predicted molar refractivity (Wildman–Crippen MR) is 98.9 cm³/mol. The van der Waals surface area contributed by atoms with Crippen LogP contribution in [0.25, 0.3) is 10.2 Å². The highest BCUT2D eigenvalue weighted by Gasteiger charge is 2.34. The van der Waals surface area contributed by atoms with Crippen LogP contribution in [-0.2, 0) is 4.79 Å². The number of hydrogen-bond donors (Lipinski definition) is 2. The van der Waals surface area contributed by atoms with Crippen LogP contribution in [0.4, 0.5) is 10.8 Å². The van der Waals surface area contributed by atoms with Gasteiger partial charge in [0, 0.05) is 13.1 Å². The van der Waals surface area contributed by atoms with Gasteiger partial charge in [0.25, 0.3) is 5.91 Å². The van der Waals surface area contributed by atoms with Crippen molar-refractivity contribution in [3.05, 3.63) is 54.1 Å². The van der Waals surface area contributed by atoms with Gasteiger partial charge in [-0.3, -0.25) is 9.59 Å². The second-order valence-electron chi connectivity index (χ2n) is 5.97. The monoisotopic (exact) mass is 352 g/mol. The molecule has 0 aliphatic carbocycles. The fourth-order valence-corrected chi connectivity index (χ4v) is 3.82. The lowest BCUT2D eigenvalue weighted by atomic mass is 9.99. The Morgan fingerprint density at radius 1 is 1.12 bits per heavy atom. The molecule has 3 N–H and O–H groups in total. The Morgan fingerprint density at radius 3 is 2.60 bits per heavy atom. The first-order valence-electron chi connectivity index (χ1n) is 7.92. The van der Waals surface area contributed by atoms with Crippen LogP contribution >= 0.6 is 11.3 Å². The smallest absolute Gasteiger partial charge is 0.250 e. The summed E-state index contributed by atoms with van der Waals surface area (Å²) in [5.74, 6) is -0.792. The normalized spacial score (nSPS) is 14.3. The predicted octanol–water partition coefficient (Wildman–Crippen LogP) is 2.47. The molecule has 0 atom stereocenters. The lowest BCUT2D eigenvalue weighted by Gasteiger charge is -2.38. The first-order chi connectivity index (χ1) is 12.1. The first kappa shape index (κ1) is 15.6. The van der Waals surface area contributed by atoms with Crippen molar-refractivity contribution < 1.29 is 9.59 Å². The lowest BCUT2D eigenvalue weighted by molar-refractivity contribution is -0.120. The number of amides is 2. The molecular formula is C18H16N4O2S. The molecular weight excluding hydrogens is 336 g/mol. The average Bonchev–Trinajstić information content (AvgIpc) is 2.97. The number of primary amides is 1. The number of hydrogen-bond acceptors (Lipinski definition) is 5. The Bertz CT molecular complexity index is 929. The number of nitrogens with one attached hydrogen (secondary N) is 1. The van der Waals surface area contributed by atoms with Gasteiger partial charge in [-0.05, 0) is 24.3 Å². The van der Waals surface area contributed by atoms with Crippen molar-refractivity contribution in [1.82, 2.24) is 4.98 Å². The van der Waals surface area contributed by atoms with Gasteiger partial charge in [0.15, 0.2) is 5.13 Å². The molecule has 1 fully saturated rings. The highest BCUT2D eigenvalue weighted by Crippen LogP contribution is 2.33. The molecule has 1 aromatic heterocycles. The van der Waals surface area contributed by atoms with Gasteiger partial charge in [-0.1, -0.05) is 35.6 Å². The number of thiazole rings is 1. The van der Waals surface area contributed by atoms with Gasteiger partial charge >= 0.3 is 0 Å². The largest absolute Gasteiger partial charge is 0.366 e. The summed E-state index contributed by atoms with van der Waals surface area (Å²) in [5.41, 5.74) is 7.09. The van der Waals surface area contributed by atoms with Crippen molar-refractivity contribution in [2.45, 2.75) is 0 Å². The molecule has 0 saturated carbocycles. The van der Waals surface area contributed by atoms with Crippen LogP contribution in [-0.4, -0.2) is 29.9 Å². The average molecular weight is 352 g/mol. The van der Waals surface area contributed by atoms with Crippen molar-refractivity contribution in [3.8, 4) is 0 Å². The zero-order valence-corrected chi connectivity index (χ0v) is 14.1. The second kappa shape index (κ2) is 6.18. The maximum Gasteiger partial charge on any atom is 0.250 e. The Balaban J connectivity index is 1.42. The van der Waals surface area contributed by atoms with Crippen LogP contribution in [0.15, 0.2) is 48.5 Å². The van der Waals surface area contributed by atoms with E-state index in [1.807, 2.05) is 24.3 Å². The number of fused-ring (bicyclic) bond motifs is 1. The number of nitrogens with zero attached hydrogens (tertiary/aromatic N) is 2. The van der Waals surface area contributed by atoms with E-state index in [2.05, 4.69) is 15.2 Å². The SMILES string of the molecule is NC(=O)c1ccccc1NC(=O)C1CN(c2nc3ccccc3s2)C1. The quantitative estimate of drug-likeness (QED) is 0.755. The molecule has 1 saturated heterocycles. The molecule has 25 heavy (non-hydrogen) atoms. The second-order valence-corrected chi connectivity index (χ2v) is 6.97. The molecule has 126 valence electrons. The standard InChI is InChI=1S/C18H16N4O2S/c19-16(23)12-5-1-2-6-13(12)20-17(24)11-9-22(10-11)18-21-14-7-3-4-8-15(14)25-18/h1-8,11H,9-10H2,(H2,19,23)(H,20,24). The van der Waals surface area contributed by atoms with Crippen LogP contribution in [0.1, 0.15) is 10.4 Å². The number of benzene rings is 2. The van der Waals surface area contributed by atoms with Gasteiger partial charge in [-0.2, -0.15) is 0 Å². The van der Waals surface area contributed by atoms with Crippen molar-refractivity contribution in [2.75, 3.05) is 23.3 Å². The van der Waals surface area contributed by atoms with E-state index in [-0.39, 0.29) is 11.8 Å². The summed E-state index contributed by atoms with van der Waals surface area (Å²) in [4.78, 5) is 30.5. The molecule has 4 rings (SSSR count). The molecule has 0 unspecified atom stereocenters. The van der Waals surface area contributed by atoms with E-state index in [1.165, 1.54) is 0 Å². The molecule has 3 aromatic rings. The molecule has 2 aromatic carbocycles. The minimum absolute atomic E-state index is 0.105. The van der Waals surface area contributed by atoms with E-state index in [1.54, 1.807) is 35.6 Å². The van der Waals surface area contributed by atoms with Crippen molar-refractivity contribution in [2.24, 2.45) is 11.7 Å². The Hall–Kier alpha value is -2.93. The van der Waals surface area contributed by atoms with E-state index in [0.29, 0.717) is 24.3 Å². The Kier molecular flexibility index (Phi) is 3.85. The highest BCUT2D eigenvalue weighted by molar-refractivity contribution is 7.22. The third kappa shape index (κ3) is 2.94. The first-order valence-corrected chi connectivity index (χ1v) is 8.73. The molecule has 0 radical (unpaired) electrons. The summed E-state index contributed by atoms with van der Waals surface area (Å²) in [5, 5.41) is 3.74. The van der Waals surface area contributed by atoms with Gasteiger partial charge in [-0.15, -0.1) is 0 Å². The summed E-state index contributed by atoms with van der Waals surface area (Å²) >= 11 is 1.63. The summed E-state index contributed by atoms with van der Waals surface area (Å²) in [6.45, 7) is 1.23. The molecule has 1 aliphatic heterocycles. The molecule has 1 aliphatic rings. The molecule has 7 heteroatoms. The summed E-state index contributed by atoms with van der Waals surface area (Å²) in [6, 6.07) is 14.8. The topological polar surface area (TPSA) is 88.3 Å². The van der Waals surface area contributed by atoms with E-state index < -0.39 is 5.91 Å². The van der Waals surface area contributed by atoms with Gasteiger partial charge in [0.1, 0.15) is 0 Å². The summed E-state index contributed by atoms with van der Waals surface area (Å²) in [6.07, 6.45) is 0. The number of rotatable bonds is 4. The minimum atomic E-state index is -0.555. The summed E-state index contributed by atoms with van der Waals surface area (Å²) in [7, 11) is 0. The third-order valence-electron chi connectivity index (χ3n) is 4.26. The highest BCUT2D eigenvalue weighted by atomic mass is 32.1. The fourth-order valence-electron chi connectivity index (χ4n) is 2.84. The third-order valence-corrected chi connectivity index (χ3v) is 5.35. The van der Waals surface area contributed by atoms with Gasteiger partial charge < -0.3 is 16.0 Å². The van der Waals surface area contributed by atoms with Crippen LogP contribution < -0.4 is 16.0 Å². The van der Waals surface area contributed by atoms with Gasteiger partial charge in [-0.25, -0.2) is 4.98 Å². The minimum Gasteiger partial charge on any atom is -0.366 e. The van der Waals surface area contributed by atoms with Crippen LogP contribution in [0.2, 0.25) is 0 Å². The number of nitrogens with two attached hydrogens (primary N) is 1. The number of anilines is 2. The zero-order chi connectivity index (χ0) is 17.4. The molecule has 6 nitrogen and oxygen atoms in total. The fraction of sp³-hybridized carbons (Fsp3) is 0.167. The number of carbonyl (C=O) groups is 2. The van der Waals surface area contributed by atoms with E-state index in [0.717, 1.165) is 15.3 Å². The maximum absolute atomic E-state index is 12.4. The van der Waals surface area contributed by atoms with Crippen molar-refractivity contribution in [3.63, 3.8) is 0 Å². The van der Waals surface area contributed by atoms with E-state index in [4.69, 9.17) is 5.73 Å². The van der Waals surface area contributed by atoms with E-state index in [9.17, 15) is 9.59 Å².